The largest absolute Gasteiger partial charge is 0.507 e. The minimum Gasteiger partial charge on any atom is -0.507 e. The summed E-state index contributed by atoms with van der Waals surface area (Å²) in [6, 6.07) is 20.0. The molecule has 3 aromatic carbocycles. The van der Waals surface area contributed by atoms with Crippen LogP contribution in [0.25, 0.3) is 26.9 Å². The number of anilines is 1. The van der Waals surface area contributed by atoms with Crippen molar-refractivity contribution >= 4 is 50.8 Å². The number of benzene rings is 3. The molecule has 138 valence electrons. The second kappa shape index (κ2) is 7.84. The molecule has 0 atom stereocenters. The van der Waals surface area contributed by atoms with Gasteiger partial charge in [0.25, 0.3) is 0 Å². The minimum absolute atomic E-state index is 0.0681. The Labute approximate surface area is 170 Å². The quantitative estimate of drug-likeness (QED) is 0.410. The van der Waals surface area contributed by atoms with Crippen molar-refractivity contribution in [3.63, 3.8) is 0 Å². The van der Waals surface area contributed by atoms with Gasteiger partial charge in [0.15, 0.2) is 0 Å². The van der Waals surface area contributed by atoms with E-state index in [1.54, 1.807) is 30.3 Å². The molecular formula is C22H15ClN2O2S. The summed E-state index contributed by atoms with van der Waals surface area (Å²) in [5, 5.41) is 14.5. The molecule has 4 nitrogen and oxygen atoms in total. The summed E-state index contributed by atoms with van der Waals surface area (Å²) < 4.78 is 1.06. The van der Waals surface area contributed by atoms with E-state index in [2.05, 4.69) is 10.3 Å². The molecule has 0 spiro atoms. The number of halogens is 1. The maximum atomic E-state index is 12.1. The van der Waals surface area contributed by atoms with Crippen LogP contribution >= 0.6 is 22.9 Å². The Morgan fingerprint density at radius 1 is 1.07 bits per heavy atom. The number of carbonyl (C=O) groups excluding carboxylic acids is 1. The topological polar surface area (TPSA) is 62.2 Å². The van der Waals surface area contributed by atoms with E-state index in [9.17, 15) is 9.90 Å². The zero-order valence-corrected chi connectivity index (χ0v) is 16.2. The minimum atomic E-state index is -0.290. The maximum absolute atomic E-state index is 12.1. The van der Waals surface area contributed by atoms with E-state index >= 15 is 0 Å². The van der Waals surface area contributed by atoms with E-state index in [-0.39, 0.29) is 11.7 Å². The number of hydrogen-bond acceptors (Lipinski definition) is 4. The van der Waals surface area contributed by atoms with Crippen molar-refractivity contribution < 1.29 is 9.90 Å². The number of phenolic OH excluding ortho intramolecular Hbond substituents is 1. The molecule has 28 heavy (non-hydrogen) atoms. The second-order valence-corrected chi connectivity index (χ2v) is 7.56. The molecule has 0 unspecified atom stereocenters. The summed E-state index contributed by atoms with van der Waals surface area (Å²) in [4.78, 5) is 16.7. The van der Waals surface area contributed by atoms with E-state index in [0.29, 0.717) is 16.3 Å². The highest BCUT2D eigenvalue weighted by Gasteiger charge is 2.11. The molecule has 0 radical (unpaired) electrons. The molecule has 0 aliphatic heterocycles. The monoisotopic (exact) mass is 406 g/mol. The number of aromatic hydroxyl groups is 1. The van der Waals surface area contributed by atoms with Gasteiger partial charge in [-0.2, -0.15) is 0 Å². The third kappa shape index (κ3) is 4.06. The normalized spacial score (nSPS) is 11.2. The van der Waals surface area contributed by atoms with Gasteiger partial charge in [-0.1, -0.05) is 35.9 Å². The predicted octanol–water partition coefficient (Wildman–Crippen LogP) is 5.97. The van der Waals surface area contributed by atoms with Crippen molar-refractivity contribution in [1.29, 1.82) is 0 Å². The second-order valence-electron chi connectivity index (χ2n) is 6.09. The number of aromatic nitrogens is 1. The van der Waals surface area contributed by atoms with Crippen LogP contribution in [0.4, 0.5) is 5.69 Å². The first-order chi connectivity index (χ1) is 13.6. The highest BCUT2D eigenvalue weighted by atomic mass is 35.5. The van der Waals surface area contributed by atoms with E-state index in [0.717, 1.165) is 20.8 Å². The average molecular weight is 407 g/mol. The first kappa shape index (κ1) is 18.2. The number of carbonyl (C=O) groups is 1. The molecular weight excluding hydrogens is 392 g/mol. The predicted molar refractivity (Wildman–Crippen MR) is 116 cm³/mol. The Morgan fingerprint density at radius 3 is 2.61 bits per heavy atom. The number of nitrogens with one attached hydrogen (secondary N) is 1. The van der Waals surface area contributed by atoms with Crippen LogP contribution in [-0.4, -0.2) is 16.0 Å². The van der Waals surface area contributed by atoms with Crippen molar-refractivity contribution in [2.75, 3.05) is 5.32 Å². The summed E-state index contributed by atoms with van der Waals surface area (Å²) in [5.41, 5.74) is 2.91. The maximum Gasteiger partial charge on any atom is 0.248 e. The molecule has 2 N–H and O–H groups in total. The summed E-state index contributed by atoms with van der Waals surface area (Å²) in [6.45, 7) is 0. The van der Waals surface area contributed by atoms with E-state index < -0.39 is 0 Å². The number of amides is 1. The van der Waals surface area contributed by atoms with Crippen LogP contribution < -0.4 is 5.32 Å². The third-order valence-electron chi connectivity index (χ3n) is 4.09. The zero-order chi connectivity index (χ0) is 19.5. The van der Waals surface area contributed by atoms with Crippen LogP contribution in [-0.2, 0) is 4.79 Å². The number of nitrogens with zero attached hydrogens (tertiary/aromatic N) is 1. The van der Waals surface area contributed by atoms with Gasteiger partial charge in [-0.05, 0) is 48.0 Å². The Morgan fingerprint density at radius 2 is 1.86 bits per heavy atom. The van der Waals surface area contributed by atoms with Gasteiger partial charge in [0.1, 0.15) is 10.8 Å². The van der Waals surface area contributed by atoms with Crippen LogP contribution in [0.5, 0.6) is 5.75 Å². The molecule has 0 saturated carbocycles. The number of para-hydroxylation sites is 1. The van der Waals surface area contributed by atoms with Crippen LogP contribution in [0.3, 0.4) is 0 Å². The van der Waals surface area contributed by atoms with Gasteiger partial charge in [0, 0.05) is 22.9 Å². The van der Waals surface area contributed by atoms with Crippen molar-refractivity contribution in [2.24, 2.45) is 0 Å². The number of fused-ring (bicyclic) bond motifs is 1. The zero-order valence-electron chi connectivity index (χ0n) is 14.6. The Bertz CT molecular complexity index is 1150. The summed E-state index contributed by atoms with van der Waals surface area (Å²) in [6.07, 6.45) is 3.13. The summed E-state index contributed by atoms with van der Waals surface area (Å²) in [7, 11) is 0. The lowest BCUT2D eigenvalue weighted by Gasteiger charge is -2.06. The molecule has 4 aromatic rings. The summed E-state index contributed by atoms with van der Waals surface area (Å²) in [5.74, 6) is -0.222. The van der Waals surface area contributed by atoms with Gasteiger partial charge in [0.05, 0.1) is 15.8 Å². The van der Waals surface area contributed by atoms with Crippen LogP contribution in [0, 0.1) is 0 Å². The number of thiazole rings is 1. The Kier molecular flexibility index (Phi) is 5.10. The van der Waals surface area contributed by atoms with E-state index in [4.69, 9.17) is 11.6 Å². The first-order valence-corrected chi connectivity index (χ1v) is 9.71. The van der Waals surface area contributed by atoms with Crippen LogP contribution in [0.1, 0.15) is 5.56 Å². The molecule has 0 fully saturated rings. The van der Waals surface area contributed by atoms with Gasteiger partial charge in [-0.25, -0.2) is 4.98 Å². The van der Waals surface area contributed by atoms with Crippen molar-refractivity contribution in [1.82, 2.24) is 4.98 Å². The molecule has 0 bridgehead atoms. The van der Waals surface area contributed by atoms with Crippen molar-refractivity contribution in [2.45, 2.75) is 0 Å². The van der Waals surface area contributed by atoms with Crippen molar-refractivity contribution in [3.05, 3.63) is 83.4 Å². The number of hydrogen-bond donors (Lipinski definition) is 2. The molecule has 0 aliphatic carbocycles. The van der Waals surface area contributed by atoms with Crippen LogP contribution in [0.15, 0.2) is 72.8 Å². The van der Waals surface area contributed by atoms with Gasteiger partial charge in [0.2, 0.25) is 5.91 Å². The fourth-order valence-corrected chi connectivity index (χ4v) is 3.83. The molecule has 1 amide bonds. The standard InChI is InChI=1S/C22H15ClN2O2S/c23-15-8-5-14(6-9-15)7-12-21(27)24-16-10-11-17(19(26)13-16)22-25-18-3-1-2-4-20(18)28-22/h1-13,26H,(H,24,27). The third-order valence-corrected chi connectivity index (χ3v) is 5.41. The first-order valence-electron chi connectivity index (χ1n) is 8.52. The van der Waals surface area contributed by atoms with E-state index in [1.807, 2.05) is 36.4 Å². The lowest BCUT2D eigenvalue weighted by molar-refractivity contribution is -0.111. The molecule has 0 saturated heterocycles. The van der Waals surface area contributed by atoms with Gasteiger partial charge < -0.3 is 10.4 Å². The van der Waals surface area contributed by atoms with Gasteiger partial charge >= 0.3 is 0 Å². The SMILES string of the molecule is O=C(C=Cc1ccc(Cl)cc1)Nc1ccc(-c2nc3ccccc3s2)c(O)c1. The Hall–Kier alpha value is -3.15. The number of phenols is 1. The fraction of sp³-hybridized carbons (Fsp3) is 0. The van der Waals surface area contributed by atoms with E-state index in [1.165, 1.54) is 23.5 Å². The lowest BCUT2D eigenvalue weighted by atomic mass is 10.2. The molecule has 1 heterocycles. The van der Waals surface area contributed by atoms with Gasteiger partial charge in [-0.15, -0.1) is 11.3 Å². The highest BCUT2D eigenvalue weighted by molar-refractivity contribution is 7.21. The van der Waals surface area contributed by atoms with Crippen LogP contribution in [0.2, 0.25) is 5.02 Å². The highest BCUT2D eigenvalue weighted by Crippen LogP contribution is 2.36. The average Bonchev–Trinajstić information content (AvgIpc) is 3.11. The summed E-state index contributed by atoms with van der Waals surface area (Å²) >= 11 is 7.36. The lowest BCUT2D eigenvalue weighted by Crippen LogP contribution is -2.07. The molecule has 1 aromatic heterocycles. The molecule has 4 rings (SSSR count). The fourth-order valence-electron chi connectivity index (χ4n) is 2.71. The molecule has 0 aliphatic rings. The smallest absolute Gasteiger partial charge is 0.248 e. The van der Waals surface area contributed by atoms with Gasteiger partial charge in [-0.3, -0.25) is 4.79 Å². The Balaban J connectivity index is 1.49. The molecule has 6 heteroatoms. The van der Waals surface area contributed by atoms with Crippen molar-refractivity contribution in [3.8, 4) is 16.3 Å². The number of rotatable bonds is 4.